The lowest BCUT2D eigenvalue weighted by molar-refractivity contribution is 0.133. The molecule has 2 heterocycles. The Morgan fingerprint density at radius 2 is 2.07 bits per heavy atom. The van der Waals surface area contributed by atoms with Crippen LogP contribution in [0.5, 0.6) is 0 Å². The normalized spacial score (nSPS) is 14.6. The van der Waals surface area contributed by atoms with E-state index >= 15 is 0 Å². The van der Waals surface area contributed by atoms with Crippen LogP contribution in [-0.2, 0) is 18.0 Å². The summed E-state index contributed by atoms with van der Waals surface area (Å²) in [5.74, 6) is 0. The number of aryl methyl sites for hydroxylation is 1. The molecule has 1 aliphatic heterocycles. The van der Waals surface area contributed by atoms with Gasteiger partial charge in [-0.15, -0.1) is 0 Å². The van der Waals surface area contributed by atoms with Gasteiger partial charge in [0.25, 0.3) is 0 Å². The van der Waals surface area contributed by atoms with Gasteiger partial charge in [0.15, 0.2) is 0 Å². The lowest BCUT2D eigenvalue weighted by atomic mass is 10.0. The second-order valence-electron chi connectivity index (χ2n) is 3.67. The summed E-state index contributed by atoms with van der Waals surface area (Å²) in [6, 6.07) is 8.26. The predicted octanol–water partition coefficient (Wildman–Crippen LogP) is 2.57. The molecule has 0 aliphatic carbocycles. The first-order valence-electron chi connectivity index (χ1n) is 4.81. The smallest absolute Gasteiger partial charge is 0.0896 e. The molecule has 0 N–H and O–H groups in total. The number of hydrogen-bond acceptors (Lipinski definition) is 2. The first-order chi connectivity index (χ1) is 6.86. The van der Waals surface area contributed by atoms with Crippen LogP contribution in [0.3, 0.4) is 0 Å². The maximum Gasteiger partial charge on any atom is 0.0896 e. The molecular weight excluding hydrogens is 174 g/mol. The predicted molar refractivity (Wildman–Crippen MR) is 55.0 cm³/mol. The van der Waals surface area contributed by atoms with E-state index in [9.17, 15) is 0 Å². The van der Waals surface area contributed by atoms with Crippen LogP contribution in [-0.4, -0.2) is 4.98 Å². The number of rotatable bonds is 0. The fourth-order valence-electron chi connectivity index (χ4n) is 2.04. The van der Waals surface area contributed by atoms with Gasteiger partial charge in [-0.1, -0.05) is 18.2 Å². The molecule has 70 valence electrons. The molecule has 14 heavy (non-hydrogen) atoms. The summed E-state index contributed by atoms with van der Waals surface area (Å²) in [4.78, 5) is 4.59. The molecule has 0 unspecified atom stereocenters. The quantitative estimate of drug-likeness (QED) is 0.629. The number of ether oxygens (including phenoxy) is 1. The second-order valence-corrected chi connectivity index (χ2v) is 3.67. The van der Waals surface area contributed by atoms with Gasteiger partial charge in [-0.25, -0.2) is 4.98 Å². The molecule has 0 amide bonds. The maximum absolute atomic E-state index is 5.40. The van der Waals surface area contributed by atoms with Crippen LogP contribution in [0.1, 0.15) is 16.8 Å². The van der Waals surface area contributed by atoms with Gasteiger partial charge in [0.1, 0.15) is 0 Å². The molecule has 2 aromatic rings. The zero-order chi connectivity index (χ0) is 9.54. The molecule has 0 bridgehead atoms. The van der Waals surface area contributed by atoms with Gasteiger partial charge in [0.2, 0.25) is 0 Å². The number of hydrogen-bond donors (Lipinski definition) is 0. The van der Waals surface area contributed by atoms with Crippen molar-refractivity contribution in [3.8, 4) is 0 Å². The summed E-state index contributed by atoms with van der Waals surface area (Å²) < 4.78 is 5.40. The Morgan fingerprint density at radius 1 is 1.21 bits per heavy atom. The lowest BCUT2D eigenvalue weighted by Crippen LogP contribution is -1.93. The zero-order valence-corrected chi connectivity index (χ0v) is 8.08. The van der Waals surface area contributed by atoms with E-state index in [0.717, 1.165) is 17.8 Å². The molecule has 0 spiro atoms. The third-order valence-corrected chi connectivity index (χ3v) is 2.85. The van der Waals surface area contributed by atoms with E-state index in [1.807, 2.05) is 6.07 Å². The van der Waals surface area contributed by atoms with Crippen LogP contribution in [0.15, 0.2) is 24.3 Å². The summed E-state index contributed by atoms with van der Waals surface area (Å²) >= 11 is 0. The minimum absolute atomic E-state index is 0.668. The third-order valence-electron chi connectivity index (χ3n) is 2.85. The number of pyridine rings is 1. The van der Waals surface area contributed by atoms with Crippen molar-refractivity contribution in [3.63, 3.8) is 0 Å². The SMILES string of the molecule is Cc1c2c(nc3ccccc13)COC2. The van der Waals surface area contributed by atoms with Crippen LogP contribution in [0, 0.1) is 6.92 Å². The van der Waals surface area contributed by atoms with E-state index in [1.54, 1.807) is 0 Å². The Kier molecular flexibility index (Phi) is 1.58. The zero-order valence-electron chi connectivity index (χ0n) is 8.08. The van der Waals surface area contributed by atoms with Crippen molar-refractivity contribution in [2.24, 2.45) is 0 Å². The summed E-state index contributed by atoms with van der Waals surface area (Å²) in [6.07, 6.45) is 0. The standard InChI is InChI=1S/C12H11NO/c1-8-9-4-2-3-5-11(9)13-12-7-14-6-10(8)12/h2-5H,6-7H2,1H3. The van der Waals surface area contributed by atoms with Crippen molar-refractivity contribution in [3.05, 3.63) is 41.1 Å². The largest absolute Gasteiger partial charge is 0.370 e. The summed E-state index contributed by atoms with van der Waals surface area (Å²) in [5.41, 5.74) is 4.79. The lowest BCUT2D eigenvalue weighted by Gasteiger charge is -2.06. The number of para-hydroxylation sites is 1. The van der Waals surface area contributed by atoms with Crippen LogP contribution >= 0.6 is 0 Å². The molecule has 0 atom stereocenters. The molecule has 2 heteroatoms. The Labute approximate surface area is 82.5 Å². The average Bonchev–Trinajstić information content (AvgIpc) is 2.66. The number of nitrogens with zero attached hydrogens (tertiary/aromatic N) is 1. The van der Waals surface area contributed by atoms with Gasteiger partial charge in [0, 0.05) is 10.9 Å². The fraction of sp³-hybridized carbons (Fsp3) is 0.250. The first-order valence-corrected chi connectivity index (χ1v) is 4.81. The number of benzene rings is 1. The highest BCUT2D eigenvalue weighted by molar-refractivity contribution is 5.83. The average molecular weight is 185 g/mol. The van der Waals surface area contributed by atoms with Crippen LogP contribution in [0.25, 0.3) is 10.9 Å². The van der Waals surface area contributed by atoms with E-state index in [4.69, 9.17) is 4.74 Å². The minimum Gasteiger partial charge on any atom is -0.370 e. The molecule has 0 radical (unpaired) electrons. The topological polar surface area (TPSA) is 22.1 Å². The fourth-order valence-corrected chi connectivity index (χ4v) is 2.04. The van der Waals surface area contributed by atoms with Crippen LogP contribution in [0.4, 0.5) is 0 Å². The molecule has 1 aliphatic rings. The van der Waals surface area contributed by atoms with Gasteiger partial charge in [0.05, 0.1) is 24.4 Å². The highest BCUT2D eigenvalue weighted by Crippen LogP contribution is 2.27. The van der Waals surface area contributed by atoms with Crippen molar-refractivity contribution in [2.45, 2.75) is 20.1 Å². The first kappa shape index (κ1) is 7.94. The van der Waals surface area contributed by atoms with Crippen molar-refractivity contribution in [1.82, 2.24) is 4.98 Å². The molecule has 0 fully saturated rings. The van der Waals surface area contributed by atoms with E-state index in [2.05, 4.69) is 30.1 Å². The monoisotopic (exact) mass is 185 g/mol. The van der Waals surface area contributed by atoms with E-state index in [1.165, 1.54) is 16.5 Å². The van der Waals surface area contributed by atoms with E-state index < -0.39 is 0 Å². The summed E-state index contributed by atoms with van der Waals surface area (Å²) in [5, 5.41) is 1.25. The minimum atomic E-state index is 0.668. The number of fused-ring (bicyclic) bond motifs is 2. The van der Waals surface area contributed by atoms with Gasteiger partial charge in [-0.3, -0.25) is 0 Å². The Hall–Kier alpha value is -1.41. The van der Waals surface area contributed by atoms with Gasteiger partial charge in [-0.2, -0.15) is 0 Å². The Morgan fingerprint density at radius 3 is 3.00 bits per heavy atom. The van der Waals surface area contributed by atoms with Crippen LogP contribution in [0.2, 0.25) is 0 Å². The van der Waals surface area contributed by atoms with E-state index in [0.29, 0.717) is 6.61 Å². The molecule has 1 aromatic heterocycles. The summed E-state index contributed by atoms with van der Waals surface area (Å²) in [7, 11) is 0. The third kappa shape index (κ3) is 0.976. The maximum atomic E-state index is 5.40. The Balaban J connectivity index is 2.44. The molecule has 2 nitrogen and oxygen atoms in total. The number of aromatic nitrogens is 1. The van der Waals surface area contributed by atoms with Gasteiger partial charge >= 0.3 is 0 Å². The molecule has 3 rings (SSSR count). The second kappa shape index (κ2) is 2.79. The molecule has 1 aromatic carbocycles. The molecule has 0 saturated carbocycles. The van der Waals surface area contributed by atoms with Gasteiger partial charge in [-0.05, 0) is 18.6 Å². The summed E-state index contributed by atoms with van der Waals surface area (Å²) in [6.45, 7) is 3.54. The van der Waals surface area contributed by atoms with E-state index in [-0.39, 0.29) is 0 Å². The molecule has 0 saturated heterocycles. The van der Waals surface area contributed by atoms with Crippen molar-refractivity contribution >= 4 is 10.9 Å². The molecular formula is C12H11NO. The highest BCUT2D eigenvalue weighted by Gasteiger charge is 2.16. The van der Waals surface area contributed by atoms with Crippen molar-refractivity contribution in [2.75, 3.05) is 0 Å². The van der Waals surface area contributed by atoms with Crippen LogP contribution < -0.4 is 0 Å². The highest BCUT2D eigenvalue weighted by atomic mass is 16.5. The van der Waals surface area contributed by atoms with Gasteiger partial charge < -0.3 is 4.74 Å². The Bertz CT molecular complexity index is 505. The van der Waals surface area contributed by atoms with Crippen molar-refractivity contribution < 1.29 is 4.74 Å². The van der Waals surface area contributed by atoms with Crippen molar-refractivity contribution in [1.29, 1.82) is 0 Å².